The van der Waals surface area contributed by atoms with Gasteiger partial charge < -0.3 is 14.9 Å². The first kappa shape index (κ1) is 15.0. The van der Waals surface area contributed by atoms with Crippen molar-refractivity contribution in [2.45, 2.75) is 13.0 Å². The number of fused-ring (bicyclic) bond motifs is 2. The van der Waals surface area contributed by atoms with Crippen LogP contribution in [-0.4, -0.2) is 15.5 Å². The van der Waals surface area contributed by atoms with E-state index < -0.39 is 0 Å². The van der Waals surface area contributed by atoms with Gasteiger partial charge in [-0.2, -0.15) is 0 Å². The number of rotatable bonds is 4. The van der Waals surface area contributed by atoms with Crippen molar-refractivity contribution < 1.29 is 4.79 Å². The summed E-state index contributed by atoms with van der Waals surface area (Å²) in [5, 5.41) is 5.26. The van der Waals surface area contributed by atoms with Gasteiger partial charge in [-0.3, -0.25) is 4.79 Å². The van der Waals surface area contributed by atoms with Crippen LogP contribution in [0.3, 0.4) is 0 Å². The Kier molecular flexibility index (Phi) is 3.86. The van der Waals surface area contributed by atoms with Gasteiger partial charge in [-0.05, 0) is 41.8 Å². The number of H-pyrrole nitrogens is 1. The third-order valence-electron chi connectivity index (χ3n) is 4.18. The van der Waals surface area contributed by atoms with Crippen molar-refractivity contribution in [2.75, 3.05) is 5.32 Å². The molecule has 0 radical (unpaired) electrons. The molecule has 0 fully saturated rings. The predicted molar refractivity (Wildman–Crippen MR) is 101 cm³/mol. The molecule has 2 aromatic carbocycles. The zero-order valence-corrected chi connectivity index (χ0v) is 14.5. The van der Waals surface area contributed by atoms with Crippen molar-refractivity contribution >= 4 is 49.3 Å². The van der Waals surface area contributed by atoms with E-state index in [1.807, 2.05) is 48.8 Å². The molecule has 0 saturated carbocycles. The van der Waals surface area contributed by atoms with E-state index in [-0.39, 0.29) is 5.91 Å². The third-order valence-corrected chi connectivity index (χ3v) is 4.87. The Morgan fingerprint density at radius 1 is 1.17 bits per heavy atom. The van der Waals surface area contributed by atoms with Gasteiger partial charge in [0.25, 0.3) is 0 Å². The highest BCUT2D eigenvalue weighted by atomic mass is 79.9. The highest BCUT2D eigenvalue weighted by Gasteiger charge is 2.07. The van der Waals surface area contributed by atoms with E-state index in [4.69, 9.17) is 0 Å². The Morgan fingerprint density at radius 2 is 2.08 bits per heavy atom. The number of aromatic amines is 1. The zero-order chi connectivity index (χ0) is 16.5. The molecule has 0 aliphatic rings. The summed E-state index contributed by atoms with van der Waals surface area (Å²) in [5.41, 5.74) is 2.97. The van der Waals surface area contributed by atoms with Gasteiger partial charge in [-0.15, -0.1) is 0 Å². The molecule has 0 bridgehead atoms. The fraction of sp³-hybridized carbons (Fsp3) is 0.105. The lowest BCUT2D eigenvalue weighted by Gasteiger charge is -2.08. The lowest BCUT2D eigenvalue weighted by Crippen LogP contribution is -2.14. The van der Waals surface area contributed by atoms with Gasteiger partial charge in [0.1, 0.15) is 0 Å². The third kappa shape index (κ3) is 2.83. The maximum Gasteiger partial charge on any atom is 0.226 e. The zero-order valence-electron chi connectivity index (χ0n) is 12.9. The van der Waals surface area contributed by atoms with Crippen LogP contribution >= 0.6 is 15.9 Å². The number of nitrogens with one attached hydrogen (secondary N) is 2. The number of carbonyl (C=O) groups excluding carboxylic acids is 1. The van der Waals surface area contributed by atoms with E-state index >= 15 is 0 Å². The summed E-state index contributed by atoms with van der Waals surface area (Å²) >= 11 is 3.56. The largest absolute Gasteiger partial charge is 0.361 e. The summed E-state index contributed by atoms with van der Waals surface area (Å²) < 4.78 is 3.18. The van der Waals surface area contributed by atoms with Crippen molar-refractivity contribution in [1.82, 2.24) is 9.55 Å². The Balaban J connectivity index is 1.45. The van der Waals surface area contributed by atoms with Gasteiger partial charge >= 0.3 is 0 Å². The second-order valence-corrected chi connectivity index (χ2v) is 6.61. The van der Waals surface area contributed by atoms with Crippen LogP contribution in [0.1, 0.15) is 6.42 Å². The molecule has 0 saturated heterocycles. The number of aromatic nitrogens is 2. The summed E-state index contributed by atoms with van der Waals surface area (Å²) in [6.45, 7) is 0.649. The number of amides is 1. The Hall–Kier alpha value is -2.53. The minimum Gasteiger partial charge on any atom is -0.361 e. The molecular formula is C19H16BrN3O. The molecule has 4 rings (SSSR count). The number of halogens is 1. The molecule has 2 aromatic heterocycles. The summed E-state index contributed by atoms with van der Waals surface area (Å²) in [5.74, 6) is 0.0118. The van der Waals surface area contributed by atoms with E-state index in [2.05, 4.69) is 42.9 Å². The van der Waals surface area contributed by atoms with E-state index in [1.165, 1.54) is 0 Å². The van der Waals surface area contributed by atoms with E-state index in [0.29, 0.717) is 13.0 Å². The molecule has 5 heteroatoms. The fourth-order valence-electron chi connectivity index (χ4n) is 2.95. The van der Waals surface area contributed by atoms with Crippen LogP contribution in [0.2, 0.25) is 0 Å². The van der Waals surface area contributed by atoms with Crippen LogP contribution in [0.25, 0.3) is 21.8 Å². The molecule has 1 amide bonds. The van der Waals surface area contributed by atoms with Crippen LogP contribution in [0.15, 0.2) is 65.4 Å². The van der Waals surface area contributed by atoms with Crippen molar-refractivity contribution in [3.63, 3.8) is 0 Å². The van der Waals surface area contributed by atoms with Gasteiger partial charge in [0.2, 0.25) is 5.91 Å². The Labute approximate surface area is 147 Å². The van der Waals surface area contributed by atoms with Crippen LogP contribution in [-0.2, 0) is 11.3 Å². The first-order valence-corrected chi connectivity index (χ1v) is 8.60. The van der Waals surface area contributed by atoms with Gasteiger partial charge in [0.05, 0.1) is 0 Å². The van der Waals surface area contributed by atoms with Crippen molar-refractivity contribution in [3.05, 3.63) is 65.4 Å². The molecule has 4 aromatic rings. The van der Waals surface area contributed by atoms with Crippen molar-refractivity contribution in [2.24, 2.45) is 0 Å². The van der Waals surface area contributed by atoms with Crippen molar-refractivity contribution in [3.8, 4) is 0 Å². The molecule has 0 spiro atoms. The highest BCUT2D eigenvalue weighted by Crippen LogP contribution is 2.25. The average molecular weight is 382 g/mol. The van der Waals surface area contributed by atoms with Gasteiger partial charge in [-0.25, -0.2) is 0 Å². The number of benzene rings is 2. The number of anilines is 1. The molecule has 24 heavy (non-hydrogen) atoms. The van der Waals surface area contributed by atoms with Crippen LogP contribution < -0.4 is 5.32 Å². The van der Waals surface area contributed by atoms with Crippen LogP contribution in [0, 0.1) is 0 Å². The van der Waals surface area contributed by atoms with E-state index in [1.54, 1.807) is 0 Å². The summed E-state index contributed by atoms with van der Waals surface area (Å²) in [6.07, 6.45) is 4.35. The van der Waals surface area contributed by atoms with Crippen LogP contribution in [0.4, 0.5) is 5.69 Å². The minimum absolute atomic E-state index is 0.0118. The van der Waals surface area contributed by atoms with Gasteiger partial charge in [-0.1, -0.05) is 28.1 Å². The maximum absolute atomic E-state index is 12.2. The normalized spacial score (nSPS) is 11.2. The summed E-state index contributed by atoms with van der Waals surface area (Å²) in [6, 6.07) is 16.1. The second-order valence-electron chi connectivity index (χ2n) is 5.76. The van der Waals surface area contributed by atoms with E-state index in [9.17, 15) is 4.79 Å². The second kappa shape index (κ2) is 6.17. The smallest absolute Gasteiger partial charge is 0.226 e. The van der Waals surface area contributed by atoms with Crippen LogP contribution in [0.5, 0.6) is 0 Å². The first-order chi connectivity index (χ1) is 11.7. The first-order valence-electron chi connectivity index (χ1n) is 7.81. The lowest BCUT2D eigenvalue weighted by molar-refractivity contribution is -0.116. The number of carbonyl (C=O) groups is 1. The topological polar surface area (TPSA) is 49.8 Å². The molecule has 4 nitrogen and oxygen atoms in total. The van der Waals surface area contributed by atoms with Gasteiger partial charge in [0, 0.05) is 51.9 Å². The lowest BCUT2D eigenvalue weighted by atomic mass is 10.2. The Bertz CT molecular complexity index is 1030. The molecule has 2 N–H and O–H groups in total. The standard InChI is InChI=1S/C19H16BrN3O/c20-16-2-1-3-18-15(16)7-10-23(18)11-8-19(24)22-14-5-4-13-6-9-21-17(13)12-14/h1-7,9-10,12,21H,8,11H2,(H,22,24). The predicted octanol–water partition coefficient (Wildman–Crippen LogP) is 4.91. The number of hydrogen-bond acceptors (Lipinski definition) is 1. The average Bonchev–Trinajstić information content (AvgIpc) is 3.20. The SMILES string of the molecule is O=C(CCn1ccc2c(Br)cccc21)Nc1ccc2cc[nH]c2c1. The molecule has 120 valence electrons. The minimum atomic E-state index is 0.0118. The molecule has 0 aliphatic heterocycles. The van der Waals surface area contributed by atoms with E-state index in [0.717, 1.165) is 32.0 Å². The quantitative estimate of drug-likeness (QED) is 0.518. The monoisotopic (exact) mass is 381 g/mol. The number of nitrogens with zero attached hydrogens (tertiary/aromatic N) is 1. The fourth-order valence-corrected chi connectivity index (χ4v) is 3.44. The number of hydrogen-bond donors (Lipinski definition) is 2. The molecule has 0 aliphatic carbocycles. The van der Waals surface area contributed by atoms with Crippen molar-refractivity contribution in [1.29, 1.82) is 0 Å². The highest BCUT2D eigenvalue weighted by molar-refractivity contribution is 9.10. The molecular weight excluding hydrogens is 366 g/mol. The maximum atomic E-state index is 12.2. The summed E-state index contributed by atoms with van der Waals surface area (Å²) in [7, 11) is 0. The molecule has 2 heterocycles. The number of aryl methyl sites for hydroxylation is 1. The molecule has 0 atom stereocenters. The Morgan fingerprint density at radius 3 is 3.00 bits per heavy atom. The molecule has 0 unspecified atom stereocenters. The van der Waals surface area contributed by atoms with Gasteiger partial charge in [0.15, 0.2) is 0 Å². The summed E-state index contributed by atoms with van der Waals surface area (Å²) in [4.78, 5) is 15.4.